The highest BCUT2D eigenvalue weighted by Crippen LogP contribution is 2.45. The molecule has 0 saturated carbocycles. The molecule has 0 aliphatic heterocycles. The van der Waals surface area contributed by atoms with Crippen molar-refractivity contribution in [2.75, 3.05) is 0 Å². The zero-order valence-corrected chi connectivity index (χ0v) is 14.4. The molecule has 1 aromatic heterocycles. The molecule has 1 heterocycles. The van der Waals surface area contributed by atoms with Gasteiger partial charge in [0, 0.05) is 10.8 Å². The maximum atomic E-state index is 12.7. The zero-order chi connectivity index (χ0) is 19.6. The molecule has 8 heteroatoms. The Bertz CT molecular complexity index is 1330. The van der Waals surface area contributed by atoms with Crippen molar-refractivity contribution in [3.8, 4) is 5.75 Å². The van der Waals surface area contributed by atoms with Crippen LogP contribution in [0.5, 0.6) is 5.75 Å². The summed E-state index contributed by atoms with van der Waals surface area (Å²) >= 11 is 0. The Kier molecular flexibility index (Phi) is 3.55. The van der Waals surface area contributed by atoms with Crippen LogP contribution in [0.4, 0.5) is 13.2 Å². The normalized spacial score (nSPS) is 12.9. The molecule has 0 amide bonds. The Hall–Kier alpha value is -3.00. The topological polar surface area (TPSA) is 56.5 Å². The summed E-state index contributed by atoms with van der Waals surface area (Å²) in [5.74, 6) is -0.529. The van der Waals surface area contributed by atoms with Gasteiger partial charge >= 0.3 is 15.6 Å². The molecule has 4 aromatic rings. The van der Waals surface area contributed by atoms with Gasteiger partial charge in [-0.05, 0) is 40.1 Å². The van der Waals surface area contributed by atoms with E-state index in [4.69, 9.17) is 4.42 Å². The Morgan fingerprint density at radius 3 is 2.19 bits per heavy atom. The van der Waals surface area contributed by atoms with Crippen LogP contribution in [0, 0.1) is 0 Å². The van der Waals surface area contributed by atoms with Crippen molar-refractivity contribution in [1.82, 2.24) is 0 Å². The number of hydrogen-bond donors (Lipinski definition) is 0. The van der Waals surface area contributed by atoms with Crippen molar-refractivity contribution in [2.24, 2.45) is 0 Å². The minimum absolute atomic E-state index is 0.0785. The Balaban J connectivity index is 2.14. The van der Waals surface area contributed by atoms with Crippen LogP contribution in [-0.4, -0.2) is 13.9 Å². The minimum atomic E-state index is -5.83. The van der Waals surface area contributed by atoms with Gasteiger partial charge in [0.2, 0.25) is 0 Å². The second-order valence-corrected chi connectivity index (χ2v) is 7.35. The molecule has 0 atom stereocenters. The van der Waals surface area contributed by atoms with Crippen LogP contribution in [-0.2, 0) is 10.1 Å². The van der Waals surface area contributed by atoms with E-state index in [2.05, 4.69) is 17.3 Å². The van der Waals surface area contributed by atoms with Gasteiger partial charge in [0.15, 0.2) is 11.3 Å². The second-order valence-electron chi connectivity index (χ2n) is 5.81. The number of benzene rings is 3. The molecule has 0 unspecified atom stereocenters. The van der Waals surface area contributed by atoms with Gasteiger partial charge in [0.25, 0.3) is 0 Å². The fourth-order valence-electron chi connectivity index (χ4n) is 3.31. The molecule has 4 nitrogen and oxygen atoms in total. The van der Waals surface area contributed by atoms with Gasteiger partial charge < -0.3 is 8.60 Å². The van der Waals surface area contributed by atoms with E-state index in [1.807, 2.05) is 6.07 Å². The van der Waals surface area contributed by atoms with Gasteiger partial charge in [0.05, 0.1) is 0 Å². The summed E-state index contributed by atoms with van der Waals surface area (Å²) in [5, 5.41) is 2.53. The van der Waals surface area contributed by atoms with Crippen LogP contribution < -0.4 is 4.18 Å². The van der Waals surface area contributed by atoms with Crippen molar-refractivity contribution in [2.45, 2.75) is 5.51 Å². The van der Waals surface area contributed by atoms with Crippen LogP contribution in [0.25, 0.3) is 44.9 Å². The molecule has 0 saturated heterocycles. The van der Waals surface area contributed by atoms with Crippen LogP contribution in [0.15, 0.2) is 47.9 Å². The van der Waals surface area contributed by atoms with Crippen LogP contribution in [0.3, 0.4) is 0 Å². The highest BCUT2D eigenvalue weighted by atomic mass is 32.2. The lowest BCUT2D eigenvalue weighted by molar-refractivity contribution is -0.0499. The predicted molar refractivity (Wildman–Crippen MR) is 98.2 cm³/mol. The Morgan fingerprint density at radius 1 is 0.963 bits per heavy atom. The van der Waals surface area contributed by atoms with Crippen molar-refractivity contribution in [3.05, 3.63) is 54.6 Å². The third-order valence-electron chi connectivity index (χ3n) is 4.37. The zero-order valence-electron chi connectivity index (χ0n) is 13.6. The summed E-state index contributed by atoms with van der Waals surface area (Å²) < 4.78 is 71.0. The van der Waals surface area contributed by atoms with Crippen molar-refractivity contribution in [1.29, 1.82) is 0 Å². The molecule has 0 aliphatic carbocycles. The number of rotatable bonds is 4. The highest BCUT2D eigenvalue weighted by Gasteiger charge is 2.49. The van der Waals surface area contributed by atoms with E-state index < -0.39 is 21.4 Å². The van der Waals surface area contributed by atoms with Gasteiger partial charge in [-0.1, -0.05) is 37.4 Å². The average molecular weight is 392 g/mol. The van der Waals surface area contributed by atoms with Gasteiger partial charge in [-0.3, -0.25) is 0 Å². The first-order valence-electron chi connectivity index (χ1n) is 7.68. The van der Waals surface area contributed by atoms with E-state index in [-0.39, 0.29) is 5.58 Å². The molecule has 3 aromatic carbocycles. The van der Waals surface area contributed by atoms with E-state index in [1.165, 1.54) is 6.07 Å². The maximum absolute atomic E-state index is 12.7. The second kappa shape index (κ2) is 5.50. The van der Waals surface area contributed by atoms with Crippen molar-refractivity contribution >= 4 is 55.0 Å². The molecule has 4 rings (SSSR count). The lowest BCUT2D eigenvalue weighted by atomic mass is 9.91. The third-order valence-corrected chi connectivity index (χ3v) is 5.34. The average Bonchev–Trinajstić information content (AvgIpc) is 3.00. The number of hydrogen-bond acceptors (Lipinski definition) is 4. The molecule has 0 aliphatic rings. The Labute approximate surface area is 151 Å². The van der Waals surface area contributed by atoms with Crippen LogP contribution in [0.2, 0.25) is 0 Å². The fourth-order valence-corrected chi connectivity index (χ4v) is 3.77. The third kappa shape index (κ3) is 2.33. The summed E-state index contributed by atoms with van der Waals surface area (Å²) in [6.45, 7) is 7.61. The first kappa shape index (κ1) is 17.4. The van der Waals surface area contributed by atoms with E-state index in [0.29, 0.717) is 27.3 Å². The summed E-state index contributed by atoms with van der Waals surface area (Å²) in [6, 6.07) is 7.81. The quantitative estimate of drug-likeness (QED) is 0.254. The first-order valence-corrected chi connectivity index (χ1v) is 9.09. The fraction of sp³-hybridized carbons (Fsp3) is 0.0526. The monoisotopic (exact) mass is 392 g/mol. The highest BCUT2D eigenvalue weighted by molar-refractivity contribution is 7.88. The summed E-state index contributed by atoms with van der Waals surface area (Å²) in [7, 11) is -5.83. The van der Waals surface area contributed by atoms with E-state index in [0.717, 1.165) is 17.0 Å². The largest absolute Gasteiger partial charge is 0.534 e. The smallest absolute Gasteiger partial charge is 0.452 e. The Morgan fingerprint density at radius 2 is 1.59 bits per heavy atom. The van der Waals surface area contributed by atoms with Gasteiger partial charge in [-0.25, -0.2) is 0 Å². The van der Waals surface area contributed by atoms with Gasteiger partial charge in [-0.2, -0.15) is 21.6 Å². The molecule has 0 bridgehead atoms. The molecule has 0 radical (unpaired) electrons. The minimum Gasteiger partial charge on any atom is -0.452 e. The summed E-state index contributed by atoms with van der Waals surface area (Å²) in [5.41, 5.74) is -3.73. The van der Waals surface area contributed by atoms with E-state index in [1.54, 1.807) is 24.3 Å². The maximum Gasteiger partial charge on any atom is 0.534 e. The van der Waals surface area contributed by atoms with E-state index >= 15 is 0 Å². The van der Waals surface area contributed by atoms with Crippen molar-refractivity contribution < 1.29 is 30.2 Å². The number of alkyl halides is 3. The molecule has 0 spiro atoms. The SMILES string of the molecule is C=Cc1c(C=C)c2ccc(OS(=O)(=O)C(F)(F)F)c3oc4cccc1c4c23. The lowest BCUT2D eigenvalue weighted by Crippen LogP contribution is -2.28. The van der Waals surface area contributed by atoms with Crippen molar-refractivity contribution in [3.63, 3.8) is 0 Å². The lowest BCUT2D eigenvalue weighted by Gasteiger charge is -2.13. The number of furan rings is 1. The molecule has 0 fully saturated rings. The molecule has 138 valence electrons. The standard InChI is InChI=1S/C19H11F3O4S/c1-3-10-11(4-2)13-8-9-15(26-27(23,24)19(20,21)22)18-17(13)16-12(10)6-5-7-14(16)25-18/h3-9H,1-2H2. The van der Waals surface area contributed by atoms with Gasteiger partial charge in [-0.15, -0.1) is 0 Å². The van der Waals surface area contributed by atoms with Crippen LogP contribution in [0.1, 0.15) is 11.1 Å². The number of halogens is 3. The molecular weight excluding hydrogens is 381 g/mol. The predicted octanol–water partition coefficient (Wildman–Crippen LogP) is 5.69. The van der Waals surface area contributed by atoms with Gasteiger partial charge in [0.1, 0.15) is 5.58 Å². The van der Waals surface area contributed by atoms with E-state index in [9.17, 15) is 21.6 Å². The molecule has 27 heavy (non-hydrogen) atoms. The molecular formula is C19H11F3O4S. The van der Waals surface area contributed by atoms with Crippen LogP contribution >= 0.6 is 0 Å². The first-order chi connectivity index (χ1) is 12.7. The summed E-state index contributed by atoms with van der Waals surface area (Å²) in [4.78, 5) is 0. The molecule has 0 N–H and O–H groups in total. The summed E-state index contributed by atoms with van der Waals surface area (Å²) in [6.07, 6.45) is 3.26.